The monoisotopic (exact) mass is 1050 g/mol. The van der Waals surface area contributed by atoms with E-state index in [1.54, 1.807) is 0 Å². The first-order valence-electron chi connectivity index (χ1n) is 31.5. The van der Waals surface area contributed by atoms with E-state index in [0.29, 0.717) is 19.3 Å². The van der Waals surface area contributed by atoms with Crippen LogP contribution in [0.3, 0.4) is 0 Å². The molecule has 76 heavy (non-hydrogen) atoms. The molecule has 6 heteroatoms. The molecule has 0 aliphatic rings. The molecule has 0 aliphatic carbocycles. The Morgan fingerprint density at radius 3 is 0.816 bits per heavy atom. The van der Waals surface area contributed by atoms with Gasteiger partial charge in [-0.25, -0.2) is 0 Å². The summed E-state index contributed by atoms with van der Waals surface area (Å²) < 4.78 is 16.7. The van der Waals surface area contributed by atoms with Gasteiger partial charge in [0.05, 0.1) is 0 Å². The van der Waals surface area contributed by atoms with Gasteiger partial charge in [-0.3, -0.25) is 14.4 Å². The van der Waals surface area contributed by atoms with Gasteiger partial charge in [-0.2, -0.15) is 0 Å². The highest BCUT2D eigenvalue weighted by Crippen LogP contribution is 2.15. The maximum atomic E-state index is 12.8. The van der Waals surface area contributed by atoms with Crippen LogP contribution in [0.2, 0.25) is 0 Å². The minimum Gasteiger partial charge on any atom is -0.462 e. The predicted molar refractivity (Wildman–Crippen MR) is 330 cm³/mol. The second kappa shape index (κ2) is 63.3. The molecule has 0 aliphatic heterocycles. The van der Waals surface area contributed by atoms with Crippen LogP contribution < -0.4 is 0 Å². The summed E-state index contributed by atoms with van der Waals surface area (Å²) in [5.41, 5.74) is 0. The molecule has 0 amide bonds. The van der Waals surface area contributed by atoms with Gasteiger partial charge in [0.2, 0.25) is 0 Å². The molecule has 0 fully saturated rings. The van der Waals surface area contributed by atoms with Gasteiger partial charge in [-0.05, 0) is 116 Å². The van der Waals surface area contributed by atoms with Crippen molar-refractivity contribution in [3.8, 4) is 0 Å². The standard InChI is InChI=1S/C70H116O6/c1-4-7-10-13-15-17-19-21-23-25-27-28-29-30-31-32-33-34-35-36-37-38-39-40-41-42-43-45-46-48-50-52-54-57-60-63-69(72)75-66-67(65-74-68(71)62-59-56-12-9-6-3)76-70(73)64-61-58-55-53-51-49-47-44-26-24-22-20-18-16-14-11-8-5-2/h7,10,15,17,21,23-24,26-28,30-31,33-34,36-37,39-40,42-43,67H,4-6,8-9,11-14,16,18-20,22,25,29,32,35,38,41,44-66H2,1-3H3/b10-7-,17-15-,23-21-,26-24-,28-27-,31-30-,34-33-,37-36-,40-39-,43-42-. The van der Waals surface area contributed by atoms with E-state index in [9.17, 15) is 14.4 Å². The van der Waals surface area contributed by atoms with E-state index >= 15 is 0 Å². The highest BCUT2D eigenvalue weighted by Gasteiger charge is 2.19. The number of carbonyl (C=O) groups excluding carboxylic acids is 3. The van der Waals surface area contributed by atoms with Crippen LogP contribution in [-0.2, 0) is 28.6 Å². The minimum absolute atomic E-state index is 0.0842. The first kappa shape index (κ1) is 71.8. The normalized spacial score (nSPS) is 12.9. The molecule has 0 aromatic heterocycles. The average Bonchev–Trinajstić information content (AvgIpc) is 3.42. The van der Waals surface area contributed by atoms with Gasteiger partial charge < -0.3 is 14.2 Å². The quantitative estimate of drug-likeness (QED) is 0.0261. The topological polar surface area (TPSA) is 78.9 Å². The van der Waals surface area contributed by atoms with E-state index in [4.69, 9.17) is 14.2 Å². The van der Waals surface area contributed by atoms with Crippen molar-refractivity contribution in [3.05, 3.63) is 122 Å². The third-order valence-corrected chi connectivity index (χ3v) is 13.2. The Hall–Kier alpha value is -4.19. The summed E-state index contributed by atoms with van der Waals surface area (Å²) in [5.74, 6) is -0.912. The van der Waals surface area contributed by atoms with Crippen LogP contribution in [-0.4, -0.2) is 37.2 Å². The molecular formula is C70H116O6. The molecule has 432 valence electrons. The van der Waals surface area contributed by atoms with E-state index in [0.717, 1.165) is 128 Å². The smallest absolute Gasteiger partial charge is 0.306 e. The number of rotatable bonds is 56. The molecule has 0 bridgehead atoms. The minimum atomic E-state index is -0.783. The summed E-state index contributed by atoms with van der Waals surface area (Å²) in [6, 6.07) is 0. The number of unbranched alkanes of at least 4 members (excludes halogenated alkanes) is 25. The molecule has 0 saturated carbocycles. The molecule has 0 aromatic carbocycles. The fourth-order valence-electron chi connectivity index (χ4n) is 8.49. The highest BCUT2D eigenvalue weighted by atomic mass is 16.6. The Kier molecular flexibility index (Phi) is 59.9. The van der Waals surface area contributed by atoms with Gasteiger partial charge in [-0.1, -0.05) is 271 Å². The third-order valence-electron chi connectivity index (χ3n) is 13.2. The van der Waals surface area contributed by atoms with E-state index in [-0.39, 0.29) is 31.1 Å². The van der Waals surface area contributed by atoms with Crippen molar-refractivity contribution >= 4 is 17.9 Å². The molecule has 0 heterocycles. The van der Waals surface area contributed by atoms with Gasteiger partial charge in [0.15, 0.2) is 6.10 Å². The Morgan fingerprint density at radius 2 is 0.513 bits per heavy atom. The summed E-state index contributed by atoms with van der Waals surface area (Å²) in [4.78, 5) is 37.9. The summed E-state index contributed by atoms with van der Waals surface area (Å²) in [6.07, 6.45) is 88.2. The maximum absolute atomic E-state index is 12.8. The molecule has 0 rings (SSSR count). The Balaban J connectivity index is 4.08. The van der Waals surface area contributed by atoms with Crippen molar-refractivity contribution in [2.45, 2.75) is 290 Å². The molecule has 1 atom stereocenters. The number of carbonyl (C=O) groups is 3. The first-order valence-corrected chi connectivity index (χ1v) is 31.5. The molecule has 0 aromatic rings. The van der Waals surface area contributed by atoms with Gasteiger partial charge in [0, 0.05) is 19.3 Å². The maximum Gasteiger partial charge on any atom is 0.306 e. The van der Waals surface area contributed by atoms with E-state index in [1.807, 2.05) is 0 Å². The number of ether oxygens (including phenoxy) is 3. The number of hydrogen-bond donors (Lipinski definition) is 0. The first-order chi connectivity index (χ1) is 37.5. The summed E-state index contributed by atoms with van der Waals surface area (Å²) >= 11 is 0. The van der Waals surface area contributed by atoms with E-state index < -0.39 is 6.10 Å². The third kappa shape index (κ3) is 60.7. The van der Waals surface area contributed by atoms with Gasteiger partial charge in [-0.15, -0.1) is 0 Å². The lowest BCUT2D eigenvalue weighted by Crippen LogP contribution is -2.30. The lowest BCUT2D eigenvalue weighted by molar-refractivity contribution is -0.167. The van der Waals surface area contributed by atoms with Gasteiger partial charge in [0.1, 0.15) is 13.2 Å². The molecule has 0 N–H and O–H groups in total. The van der Waals surface area contributed by atoms with Crippen LogP contribution in [0, 0.1) is 0 Å². The number of allylic oxidation sites excluding steroid dienone is 20. The zero-order chi connectivity index (χ0) is 55.0. The largest absolute Gasteiger partial charge is 0.462 e. The fourth-order valence-corrected chi connectivity index (χ4v) is 8.49. The fraction of sp³-hybridized carbons (Fsp3) is 0.671. The van der Waals surface area contributed by atoms with Crippen molar-refractivity contribution in [2.75, 3.05) is 13.2 Å². The van der Waals surface area contributed by atoms with Crippen LogP contribution >= 0.6 is 0 Å². The molecule has 1 unspecified atom stereocenters. The summed E-state index contributed by atoms with van der Waals surface area (Å²) in [5, 5.41) is 0. The van der Waals surface area contributed by atoms with Crippen molar-refractivity contribution in [1.29, 1.82) is 0 Å². The Labute approximate surface area is 469 Å². The van der Waals surface area contributed by atoms with Crippen molar-refractivity contribution < 1.29 is 28.6 Å². The van der Waals surface area contributed by atoms with Crippen LogP contribution in [0.5, 0.6) is 0 Å². The molecular weight excluding hydrogens is 937 g/mol. The molecule has 0 radical (unpaired) electrons. The molecule has 6 nitrogen and oxygen atoms in total. The van der Waals surface area contributed by atoms with Crippen molar-refractivity contribution in [2.24, 2.45) is 0 Å². The zero-order valence-corrected chi connectivity index (χ0v) is 49.5. The van der Waals surface area contributed by atoms with Crippen LogP contribution in [0.1, 0.15) is 284 Å². The van der Waals surface area contributed by atoms with E-state index in [2.05, 4.69) is 142 Å². The van der Waals surface area contributed by atoms with Crippen LogP contribution in [0.25, 0.3) is 0 Å². The Bertz CT molecular complexity index is 1590. The van der Waals surface area contributed by atoms with Crippen LogP contribution in [0.4, 0.5) is 0 Å². The lowest BCUT2D eigenvalue weighted by atomic mass is 10.1. The average molecular weight is 1050 g/mol. The second-order valence-electron chi connectivity index (χ2n) is 20.6. The Morgan fingerprint density at radius 1 is 0.276 bits per heavy atom. The predicted octanol–water partition coefficient (Wildman–Crippen LogP) is 21.6. The lowest BCUT2D eigenvalue weighted by Gasteiger charge is -2.18. The van der Waals surface area contributed by atoms with E-state index in [1.165, 1.54) is 116 Å². The second-order valence-corrected chi connectivity index (χ2v) is 20.6. The highest BCUT2D eigenvalue weighted by molar-refractivity contribution is 5.71. The SMILES string of the molecule is CC/C=C\C/C=C\C/C=C\C/C=C\C/C=C\C/C=C\C/C=C\C/C=C\C/C=C\CCCCCCCCCC(=O)OCC(COC(=O)CCCCCCC)OC(=O)CCCCCCCCC/C=C\CCCCCCCCC. The zero-order valence-electron chi connectivity index (χ0n) is 49.5. The summed E-state index contributed by atoms with van der Waals surface area (Å²) in [6.45, 7) is 6.43. The molecule has 0 spiro atoms. The van der Waals surface area contributed by atoms with Crippen LogP contribution in [0.15, 0.2) is 122 Å². The van der Waals surface area contributed by atoms with Gasteiger partial charge >= 0.3 is 17.9 Å². The molecule has 0 saturated heterocycles. The van der Waals surface area contributed by atoms with Gasteiger partial charge in [0.25, 0.3) is 0 Å². The number of hydrogen-bond acceptors (Lipinski definition) is 6. The summed E-state index contributed by atoms with van der Waals surface area (Å²) in [7, 11) is 0. The van der Waals surface area contributed by atoms with Crippen molar-refractivity contribution in [3.63, 3.8) is 0 Å². The number of esters is 3. The van der Waals surface area contributed by atoms with Crippen molar-refractivity contribution in [1.82, 2.24) is 0 Å².